The van der Waals surface area contributed by atoms with Crippen molar-refractivity contribution in [2.75, 3.05) is 5.32 Å². The molecule has 2 aromatic heterocycles. The average molecular weight is 250 g/mol. The molecule has 0 radical (unpaired) electrons. The molecule has 0 fully saturated rings. The van der Waals surface area contributed by atoms with E-state index < -0.39 is 0 Å². The van der Waals surface area contributed by atoms with Gasteiger partial charge in [-0.1, -0.05) is 0 Å². The van der Waals surface area contributed by atoms with Crippen molar-refractivity contribution in [3.05, 3.63) is 28.2 Å². The Morgan fingerprint density at radius 1 is 1.59 bits per heavy atom. The molecule has 2 rings (SSSR count). The van der Waals surface area contributed by atoms with Crippen LogP contribution in [0.3, 0.4) is 0 Å². The van der Waals surface area contributed by atoms with Crippen LogP contribution in [-0.2, 0) is 18.3 Å². The molecule has 6 heteroatoms. The van der Waals surface area contributed by atoms with Gasteiger partial charge in [-0.2, -0.15) is 21.4 Å². The number of rotatable bonds is 4. The van der Waals surface area contributed by atoms with Crippen molar-refractivity contribution in [1.82, 2.24) is 14.8 Å². The van der Waals surface area contributed by atoms with Crippen LogP contribution in [0.1, 0.15) is 17.8 Å². The molecule has 0 aliphatic carbocycles. The van der Waals surface area contributed by atoms with Crippen LogP contribution in [0.4, 0.5) is 5.95 Å². The van der Waals surface area contributed by atoms with Gasteiger partial charge in [-0.15, -0.1) is 0 Å². The predicted octanol–water partition coefficient (Wildman–Crippen LogP) is 1.76. The van der Waals surface area contributed by atoms with Crippen molar-refractivity contribution in [2.24, 2.45) is 7.05 Å². The Morgan fingerprint density at radius 2 is 2.41 bits per heavy atom. The maximum Gasteiger partial charge on any atom is 0.227 e. The molecule has 17 heavy (non-hydrogen) atoms. The number of nitrogens with zero attached hydrogens (tertiary/aromatic N) is 3. The fourth-order valence-electron chi connectivity index (χ4n) is 1.50. The summed E-state index contributed by atoms with van der Waals surface area (Å²) in [7, 11) is 1.76. The summed E-state index contributed by atoms with van der Waals surface area (Å²) in [6.45, 7) is 1.79. The van der Waals surface area contributed by atoms with E-state index in [4.69, 9.17) is 0 Å². The Morgan fingerprint density at radius 3 is 3.00 bits per heavy atom. The summed E-state index contributed by atoms with van der Waals surface area (Å²) in [6.07, 6.45) is 1.22. The summed E-state index contributed by atoms with van der Waals surface area (Å²) >= 11 is 1.64. The van der Waals surface area contributed by atoms with Crippen molar-refractivity contribution < 1.29 is 4.79 Å². The molecule has 0 aliphatic rings. The van der Waals surface area contributed by atoms with E-state index in [-0.39, 0.29) is 5.91 Å². The molecule has 2 heterocycles. The molecule has 0 unspecified atom stereocenters. The summed E-state index contributed by atoms with van der Waals surface area (Å²) < 4.78 is 1.57. The lowest BCUT2D eigenvalue weighted by molar-refractivity contribution is -0.116. The van der Waals surface area contributed by atoms with E-state index in [9.17, 15) is 4.79 Å². The van der Waals surface area contributed by atoms with Crippen molar-refractivity contribution in [3.63, 3.8) is 0 Å². The predicted molar refractivity (Wildman–Crippen MR) is 67.0 cm³/mol. The van der Waals surface area contributed by atoms with E-state index in [1.807, 2.05) is 11.4 Å². The minimum Gasteiger partial charge on any atom is -0.295 e. The molecule has 90 valence electrons. The van der Waals surface area contributed by atoms with Crippen LogP contribution in [-0.4, -0.2) is 20.7 Å². The minimum absolute atomic E-state index is 0.0355. The molecular weight excluding hydrogens is 236 g/mol. The number of carbonyl (C=O) groups excluding carboxylic acids is 1. The Balaban J connectivity index is 1.87. The fourth-order valence-corrected chi connectivity index (χ4v) is 2.20. The number of anilines is 1. The number of amides is 1. The van der Waals surface area contributed by atoms with E-state index in [0.717, 1.165) is 6.42 Å². The van der Waals surface area contributed by atoms with Gasteiger partial charge in [0.1, 0.15) is 5.82 Å². The molecule has 0 bridgehead atoms. The Labute approximate surface area is 103 Å². The molecule has 1 N–H and O–H groups in total. The second-order valence-corrected chi connectivity index (χ2v) is 4.57. The van der Waals surface area contributed by atoms with Gasteiger partial charge in [0.15, 0.2) is 0 Å². The monoisotopic (exact) mass is 250 g/mol. The van der Waals surface area contributed by atoms with Gasteiger partial charge in [-0.05, 0) is 35.7 Å². The Kier molecular flexibility index (Phi) is 3.53. The standard InChI is InChI=1S/C11H14N4OS/c1-8-12-11(15(2)14-8)13-10(16)4-3-9-5-6-17-7-9/h5-7H,3-4H2,1-2H3,(H,12,13,14,16). The summed E-state index contributed by atoms with van der Waals surface area (Å²) in [6, 6.07) is 2.03. The van der Waals surface area contributed by atoms with Gasteiger partial charge in [0, 0.05) is 13.5 Å². The number of hydrogen-bond donors (Lipinski definition) is 1. The second kappa shape index (κ2) is 5.09. The van der Waals surface area contributed by atoms with E-state index in [2.05, 4.69) is 20.8 Å². The quantitative estimate of drug-likeness (QED) is 0.899. The molecule has 0 saturated heterocycles. The average Bonchev–Trinajstić information content (AvgIpc) is 2.87. The first-order valence-corrected chi connectivity index (χ1v) is 6.28. The van der Waals surface area contributed by atoms with Crippen LogP contribution >= 0.6 is 11.3 Å². The number of thiophene rings is 1. The van der Waals surface area contributed by atoms with Crippen molar-refractivity contribution >= 4 is 23.2 Å². The molecule has 5 nitrogen and oxygen atoms in total. The van der Waals surface area contributed by atoms with Crippen LogP contribution in [0.2, 0.25) is 0 Å². The van der Waals surface area contributed by atoms with Crippen molar-refractivity contribution in [1.29, 1.82) is 0 Å². The molecule has 0 spiro atoms. The third kappa shape index (κ3) is 3.13. The maximum absolute atomic E-state index is 11.7. The maximum atomic E-state index is 11.7. The normalized spacial score (nSPS) is 10.5. The van der Waals surface area contributed by atoms with Crippen LogP contribution in [0.15, 0.2) is 16.8 Å². The largest absolute Gasteiger partial charge is 0.295 e. The van der Waals surface area contributed by atoms with Crippen LogP contribution < -0.4 is 5.32 Å². The molecule has 0 saturated carbocycles. The minimum atomic E-state index is -0.0355. The van der Waals surface area contributed by atoms with Crippen LogP contribution in [0.5, 0.6) is 0 Å². The van der Waals surface area contributed by atoms with Crippen molar-refractivity contribution in [2.45, 2.75) is 19.8 Å². The lowest BCUT2D eigenvalue weighted by Crippen LogP contribution is -2.15. The topological polar surface area (TPSA) is 59.8 Å². The first-order chi connectivity index (χ1) is 8.15. The van der Waals surface area contributed by atoms with Gasteiger partial charge in [-0.25, -0.2) is 4.68 Å². The molecule has 0 aromatic carbocycles. The zero-order valence-corrected chi connectivity index (χ0v) is 10.6. The first-order valence-electron chi connectivity index (χ1n) is 5.33. The number of nitrogens with one attached hydrogen (secondary N) is 1. The summed E-state index contributed by atoms with van der Waals surface area (Å²) in [4.78, 5) is 15.8. The number of aromatic nitrogens is 3. The van der Waals surface area contributed by atoms with Crippen LogP contribution in [0.25, 0.3) is 0 Å². The highest BCUT2D eigenvalue weighted by Gasteiger charge is 2.08. The molecule has 0 atom stereocenters. The molecular formula is C11H14N4OS. The SMILES string of the molecule is Cc1nc(NC(=O)CCc2ccsc2)n(C)n1. The van der Waals surface area contributed by atoms with Gasteiger partial charge in [0.2, 0.25) is 11.9 Å². The van der Waals surface area contributed by atoms with Gasteiger partial charge >= 0.3 is 0 Å². The number of hydrogen-bond acceptors (Lipinski definition) is 4. The Hall–Kier alpha value is -1.69. The van der Waals surface area contributed by atoms with E-state index >= 15 is 0 Å². The highest BCUT2D eigenvalue weighted by molar-refractivity contribution is 7.07. The molecule has 1 amide bonds. The fraction of sp³-hybridized carbons (Fsp3) is 0.364. The third-order valence-electron chi connectivity index (χ3n) is 2.34. The smallest absolute Gasteiger partial charge is 0.227 e. The molecule has 2 aromatic rings. The lowest BCUT2D eigenvalue weighted by Gasteiger charge is -2.02. The second-order valence-electron chi connectivity index (χ2n) is 3.79. The highest BCUT2D eigenvalue weighted by atomic mass is 32.1. The Bertz CT molecular complexity index is 504. The number of carbonyl (C=O) groups is 1. The number of aryl methyl sites for hydroxylation is 3. The highest BCUT2D eigenvalue weighted by Crippen LogP contribution is 2.09. The van der Waals surface area contributed by atoms with Gasteiger partial charge in [0.25, 0.3) is 0 Å². The van der Waals surface area contributed by atoms with Gasteiger partial charge in [0.05, 0.1) is 0 Å². The molecule has 0 aliphatic heterocycles. The van der Waals surface area contributed by atoms with Gasteiger partial charge in [-0.3, -0.25) is 10.1 Å². The zero-order valence-electron chi connectivity index (χ0n) is 9.80. The van der Waals surface area contributed by atoms with Crippen molar-refractivity contribution in [3.8, 4) is 0 Å². The first kappa shape index (κ1) is 11.8. The summed E-state index contributed by atoms with van der Waals surface area (Å²) in [5.74, 6) is 1.12. The van der Waals surface area contributed by atoms with Gasteiger partial charge < -0.3 is 0 Å². The summed E-state index contributed by atoms with van der Waals surface area (Å²) in [5, 5.41) is 10.9. The van der Waals surface area contributed by atoms with E-state index in [1.54, 1.807) is 30.0 Å². The van der Waals surface area contributed by atoms with E-state index in [1.165, 1.54) is 5.56 Å². The van der Waals surface area contributed by atoms with Crippen LogP contribution in [0, 0.1) is 6.92 Å². The third-order valence-corrected chi connectivity index (χ3v) is 3.07. The summed E-state index contributed by atoms with van der Waals surface area (Å²) in [5.41, 5.74) is 1.19. The zero-order chi connectivity index (χ0) is 12.3. The van der Waals surface area contributed by atoms with E-state index in [0.29, 0.717) is 18.2 Å². The lowest BCUT2D eigenvalue weighted by atomic mass is 10.2.